The number of hydrogen-bond acceptors (Lipinski definition) is 6. The highest BCUT2D eigenvalue weighted by molar-refractivity contribution is 7.71. The monoisotopic (exact) mass is 493 g/mol. The van der Waals surface area contributed by atoms with Crippen molar-refractivity contribution in [2.24, 2.45) is 0 Å². The number of H-pyrrole nitrogens is 1. The maximum Gasteiger partial charge on any atom is 0.306 e. The summed E-state index contributed by atoms with van der Waals surface area (Å²) in [6, 6.07) is 26.2. The molecule has 8 nitrogen and oxygen atoms in total. The third-order valence-corrected chi connectivity index (χ3v) is 6.26. The molecule has 0 fully saturated rings. The maximum absolute atomic E-state index is 13.6. The van der Waals surface area contributed by atoms with Gasteiger partial charge in [-0.25, -0.2) is 14.2 Å². The third-order valence-electron chi connectivity index (χ3n) is 5.91. The predicted molar refractivity (Wildman–Crippen MR) is 138 cm³/mol. The number of oxazole rings is 1. The number of nitrogens with one attached hydrogen (secondary N) is 1. The van der Waals surface area contributed by atoms with Crippen molar-refractivity contribution in [3.8, 4) is 28.9 Å². The molecular weight excluding hydrogens is 474 g/mol. The molecule has 0 atom stereocenters. The highest BCUT2D eigenvalue weighted by atomic mass is 32.1. The van der Waals surface area contributed by atoms with E-state index in [2.05, 4.69) is 15.1 Å². The summed E-state index contributed by atoms with van der Waals surface area (Å²) in [4.78, 5) is 21.3. The van der Waals surface area contributed by atoms with Crippen LogP contribution in [0.3, 0.4) is 0 Å². The van der Waals surface area contributed by atoms with Gasteiger partial charge >= 0.3 is 5.95 Å². The molecule has 0 aliphatic carbocycles. The van der Waals surface area contributed by atoms with E-state index in [1.807, 2.05) is 79.0 Å². The van der Waals surface area contributed by atoms with Gasteiger partial charge in [-0.15, -0.1) is 0 Å². The van der Waals surface area contributed by atoms with Crippen molar-refractivity contribution in [2.75, 3.05) is 0 Å². The summed E-state index contributed by atoms with van der Waals surface area (Å²) in [5, 5.41) is 16.1. The normalized spacial score (nSPS) is 11.2. The SMILES string of the molecule is O=c1c(-c2nc(Cc3c[nH]c4ccccc34)c(O)o2)nn(-c2ccccc2)c(=S)n1-c1ccccc1. The number of aromatic hydroxyl groups is 1. The van der Waals surface area contributed by atoms with E-state index in [-0.39, 0.29) is 22.3 Å². The predicted octanol–water partition coefficient (Wildman–Crippen LogP) is 5.19. The van der Waals surface area contributed by atoms with Gasteiger partial charge in [0.15, 0.2) is 0 Å². The van der Waals surface area contributed by atoms with Crippen LogP contribution in [0.2, 0.25) is 0 Å². The Balaban J connectivity index is 1.51. The van der Waals surface area contributed by atoms with E-state index in [9.17, 15) is 9.90 Å². The lowest BCUT2D eigenvalue weighted by molar-refractivity contribution is 0.332. The molecule has 176 valence electrons. The number of rotatable bonds is 5. The van der Waals surface area contributed by atoms with Crippen molar-refractivity contribution in [3.63, 3.8) is 0 Å². The van der Waals surface area contributed by atoms with Crippen molar-refractivity contribution in [1.82, 2.24) is 24.3 Å². The average Bonchev–Trinajstić information content (AvgIpc) is 3.49. The largest absolute Gasteiger partial charge is 0.479 e. The van der Waals surface area contributed by atoms with E-state index < -0.39 is 5.56 Å². The first-order chi connectivity index (χ1) is 17.6. The Kier molecular flexibility index (Phi) is 5.31. The lowest BCUT2D eigenvalue weighted by atomic mass is 10.1. The summed E-state index contributed by atoms with van der Waals surface area (Å²) in [6.45, 7) is 0. The highest BCUT2D eigenvalue weighted by Crippen LogP contribution is 2.28. The summed E-state index contributed by atoms with van der Waals surface area (Å²) in [5.41, 5.74) is 2.90. The zero-order valence-electron chi connectivity index (χ0n) is 18.8. The minimum absolute atomic E-state index is 0.0724. The number of benzene rings is 3. The molecule has 0 aliphatic heterocycles. The summed E-state index contributed by atoms with van der Waals surface area (Å²) in [6.07, 6.45) is 2.18. The molecule has 3 heterocycles. The number of aromatic nitrogens is 5. The second kappa shape index (κ2) is 8.79. The molecule has 0 saturated carbocycles. The molecule has 3 aromatic heterocycles. The van der Waals surface area contributed by atoms with Crippen LogP contribution in [-0.4, -0.2) is 29.4 Å². The average molecular weight is 494 g/mol. The van der Waals surface area contributed by atoms with Gasteiger partial charge in [-0.1, -0.05) is 54.6 Å². The molecular formula is C27H19N5O3S. The lowest BCUT2D eigenvalue weighted by Crippen LogP contribution is -2.27. The van der Waals surface area contributed by atoms with Gasteiger partial charge in [-0.05, 0) is 48.1 Å². The van der Waals surface area contributed by atoms with Crippen LogP contribution in [-0.2, 0) is 6.42 Å². The zero-order valence-corrected chi connectivity index (χ0v) is 19.6. The molecule has 36 heavy (non-hydrogen) atoms. The van der Waals surface area contributed by atoms with E-state index in [0.717, 1.165) is 16.5 Å². The Hall–Kier alpha value is -4.76. The van der Waals surface area contributed by atoms with Crippen molar-refractivity contribution in [1.29, 1.82) is 0 Å². The lowest BCUT2D eigenvalue weighted by Gasteiger charge is -2.12. The molecule has 3 aromatic carbocycles. The fourth-order valence-electron chi connectivity index (χ4n) is 4.17. The minimum Gasteiger partial charge on any atom is -0.479 e. The molecule has 0 aliphatic rings. The van der Waals surface area contributed by atoms with E-state index in [4.69, 9.17) is 16.6 Å². The Morgan fingerprint density at radius 3 is 2.33 bits per heavy atom. The van der Waals surface area contributed by atoms with Crippen LogP contribution in [0.1, 0.15) is 11.3 Å². The number of hydrogen-bond donors (Lipinski definition) is 2. The first-order valence-corrected chi connectivity index (χ1v) is 11.6. The molecule has 6 aromatic rings. The quantitative estimate of drug-likeness (QED) is 0.321. The summed E-state index contributed by atoms with van der Waals surface area (Å²) < 4.78 is 8.63. The smallest absolute Gasteiger partial charge is 0.306 e. The van der Waals surface area contributed by atoms with Gasteiger partial charge in [0.2, 0.25) is 10.5 Å². The van der Waals surface area contributed by atoms with Gasteiger partial charge in [-0.3, -0.25) is 4.79 Å². The number of nitrogens with zero attached hydrogens (tertiary/aromatic N) is 4. The van der Waals surface area contributed by atoms with Gasteiger partial charge in [0.25, 0.3) is 11.4 Å². The molecule has 0 spiro atoms. The van der Waals surface area contributed by atoms with Crippen molar-refractivity contribution < 1.29 is 9.52 Å². The molecule has 0 radical (unpaired) electrons. The molecule has 0 saturated heterocycles. The number of para-hydroxylation sites is 3. The van der Waals surface area contributed by atoms with Gasteiger partial charge in [0, 0.05) is 23.5 Å². The molecule has 0 unspecified atom stereocenters. The van der Waals surface area contributed by atoms with Crippen LogP contribution in [0, 0.1) is 4.77 Å². The molecule has 0 amide bonds. The summed E-state index contributed by atoms with van der Waals surface area (Å²) >= 11 is 5.67. The van der Waals surface area contributed by atoms with Crippen LogP contribution in [0.5, 0.6) is 5.95 Å². The second-order valence-corrected chi connectivity index (χ2v) is 8.53. The fourth-order valence-corrected chi connectivity index (χ4v) is 4.50. The van der Waals surface area contributed by atoms with Crippen LogP contribution in [0.25, 0.3) is 33.9 Å². The Bertz CT molecular complexity index is 1820. The summed E-state index contributed by atoms with van der Waals surface area (Å²) in [5.74, 6) is -0.451. The highest BCUT2D eigenvalue weighted by Gasteiger charge is 2.23. The van der Waals surface area contributed by atoms with Gasteiger partial charge < -0.3 is 14.5 Å². The van der Waals surface area contributed by atoms with Crippen LogP contribution in [0.4, 0.5) is 0 Å². The summed E-state index contributed by atoms with van der Waals surface area (Å²) in [7, 11) is 0. The van der Waals surface area contributed by atoms with Crippen molar-refractivity contribution in [3.05, 3.63) is 118 Å². The van der Waals surface area contributed by atoms with E-state index in [0.29, 0.717) is 23.5 Å². The Morgan fingerprint density at radius 1 is 0.917 bits per heavy atom. The van der Waals surface area contributed by atoms with Crippen molar-refractivity contribution >= 4 is 23.1 Å². The van der Waals surface area contributed by atoms with Gasteiger partial charge in [0.1, 0.15) is 5.69 Å². The standard InChI is InChI=1S/C27H19N5O3S/c33-25-23(24-29-22(26(34)35-24)15-17-16-28-21-14-8-7-13-20(17)21)30-32(19-11-5-2-6-12-19)27(36)31(25)18-9-3-1-4-10-18/h1-14,16,28,34H,15H2. The van der Waals surface area contributed by atoms with Gasteiger partial charge in [0.05, 0.1) is 11.4 Å². The van der Waals surface area contributed by atoms with Crippen LogP contribution >= 0.6 is 12.2 Å². The van der Waals surface area contributed by atoms with Gasteiger partial charge in [-0.2, -0.15) is 5.10 Å². The van der Waals surface area contributed by atoms with Crippen LogP contribution in [0.15, 0.2) is 100 Å². The van der Waals surface area contributed by atoms with E-state index >= 15 is 0 Å². The molecule has 2 N–H and O–H groups in total. The van der Waals surface area contributed by atoms with Crippen LogP contribution < -0.4 is 5.56 Å². The second-order valence-electron chi connectivity index (χ2n) is 8.16. The molecule has 9 heteroatoms. The molecule has 0 bridgehead atoms. The first-order valence-electron chi connectivity index (χ1n) is 11.2. The molecule has 6 rings (SSSR count). The zero-order chi connectivity index (χ0) is 24.6. The Labute approximate surface area is 209 Å². The van der Waals surface area contributed by atoms with Crippen molar-refractivity contribution in [2.45, 2.75) is 6.42 Å². The minimum atomic E-state index is -0.502. The first kappa shape index (κ1) is 21.8. The maximum atomic E-state index is 13.6. The number of fused-ring (bicyclic) bond motifs is 1. The fraction of sp³-hybridized carbons (Fsp3) is 0.0370. The van der Waals surface area contributed by atoms with E-state index in [1.54, 1.807) is 12.1 Å². The number of aromatic amines is 1. The van der Waals surface area contributed by atoms with E-state index in [1.165, 1.54) is 9.25 Å². The third kappa shape index (κ3) is 3.71. The Morgan fingerprint density at radius 2 is 1.58 bits per heavy atom. The topological polar surface area (TPSA) is 102 Å².